The lowest BCUT2D eigenvalue weighted by Gasteiger charge is -2.15. The third-order valence-electron chi connectivity index (χ3n) is 2.65. The van der Waals surface area contributed by atoms with Crippen LogP contribution in [0.2, 0.25) is 0 Å². The molecule has 0 spiro atoms. The molecule has 0 saturated carbocycles. The zero-order valence-corrected chi connectivity index (χ0v) is 9.69. The fourth-order valence-electron chi connectivity index (χ4n) is 1.76. The molecule has 2 rings (SSSR count). The lowest BCUT2D eigenvalue weighted by atomic mass is 10.1. The predicted molar refractivity (Wildman–Crippen MR) is 57.5 cm³/mol. The first-order chi connectivity index (χ1) is 7.05. The van der Waals surface area contributed by atoms with Gasteiger partial charge in [-0.2, -0.15) is 4.80 Å². The van der Waals surface area contributed by atoms with E-state index in [1.54, 1.807) is 4.80 Å². The van der Waals surface area contributed by atoms with Crippen LogP contribution >= 0.6 is 0 Å². The second-order valence-electron chi connectivity index (χ2n) is 5.16. The minimum Gasteiger partial charge on any atom is -0.314 e. The standard InChI is InChI=1S/C10H19N5/c1-10(2,3)15-13-9(12-14-15)7-8-5-4-6-11-8/h8,11H,4-7H2,1-3H3. The SMILES string of the molecule is CC(C)(C)n1nnc(CC2CCCN2)n1. The van der Waals surface area contributed by atoms with Gasteiger partial charge in [0, 0.05) is 12.5 Å². The van der Waals surface area contributed by atoms with E-state index in [4.69, 9.17) is 0 Å². The molecule has 0 amide bonds. The molecule has 15 heavy (non-hydrogen) atoms. The third kappa shape index (κ3) is 2.53. The van der Waals surface area contributed by atoms with Crippen LogP contribution in [0.3, 0.4) is 0 Å². The molecule has 84 valence electrons. The van der Waals surface area contributed by atoms with Crippen LogP contribution in [-0.2, 0) is 12.0 Å². The van der Waals surface area contributed by atoms with Crippen LogP contribution in [0.5, 0.6) is 0 Å². The molecule has 5 nitrogen and oxygen atoms in total. The first-order valence-electron chi connectivity index (χ1n) is 5.58. The van der Waals surface area contributed by atoms with Gasteiger partial charge in [-0.15, -0.1) is 10.2 Å². The normalized spacial score (nSPS) is 22.2. The molecule has 0 bridgehead atoms. The fourth-order valence-corrected chi connectivity index (χ4v) is 1.76. The first kappa shape index (κ1) is 10.5. The maximum atomic E-state index is 4.40. The minimum absolute atomic E-state index is 0.0750. The Hall–Kier alpha value is -0.970. The summed E-state index contributed by atoms with van der Waals surface area (Å²) in [5.41, 5.74) is -0.0750. The average Bonchev–Trinajstić information content (AvgIpc) is 2.73. The molecule has 1 aliphatic heterocycles. The molecular weight excluding hydrogens is 190 g/mol. The van der Waals surface area contributed by atoms with Crippen molar-refractivity contribution in [3.8, 4) is 0 Å². The van der Waals surface area contributed by atoms with Crippen molar-refractivity contribution >= 4 is 0 Å². The van der Waals surface area contributed by atoms with Gasteiger partial charge in [0.25, 0.3) is 0 Å². The zero-order chi connectivity index (χ0) is 10.9. The van der Waals surface area contributed by atoms with E-state index in [1.807, 2.05) is 0 Å². The molecule has 2 heterocycles. The van der Waals surface area contributed by atoms with E-state index >= 15 is 0 Å². The summed E-state index contributed by atoms with van der Waals surface area (Å²) in [6.07, 6.45) is 3.39. The number of nitrogens with zero attached hydrogens (tertiary/aromatic N) is 4. The maximum absolute atomic E-state index is 4.40. The van der Waals surface area contributed by atoms with Crippen molar-refractivity contribution in [1.82, 2.24) is 25.5 Å². The maximum Gasteiger partial charge on any atom is 0.176 e. The Morgan fingerprint density at radius 2 is 2.27 bits per heavy atom. The van der Waals surface area contributed by atoms with Gasteiger partial charge in [0.2, 0.25) is 0 Å². The zero-order valence-electron chi connectivity index (χ0n) is 9.69. The molecule has 1 atom stereocenters. The second kappa shape index (κ2) is 3.89. The van der Waals surface area contributed by atoms with Gasteiger partial charge >= 0.3 is 0 Å². The summed E-state index contributed by atoms with van der Waals surface area (Å²) >= 11 is 0. The molecule has 1 fully saturated rings. The minimum atomic E-state index is -0.0750. The highest BCUT2D eigenvalue weighted by atomic mass is 15.6. The van der Waals surface area contributed by atoms with Crippen LogP contribution in [0, 0.1) is 0 Å². The molecule has 0 aliphatic carbocycles. The highest BCUT2D eigenvalue weighted by molar-refractivity contribution is 4.88. The van der Waals surface area contributed by atoms with Crippen LogP contribution in [0.4, 0.5) is 0 Å². The van der Waals surface area contributed by atoms with Crippen LogP contribution in [-0.4, -0.2) is 32.8 Å². The first-order valence-corrected chi connectivity index (χ1v) is 5.58. The van der Waals surface area contributed by atoms with Crippen molar-refractivity contribution in [2.45, 2.75) is 51.6 Å². The summed E-state index contributed by atoms with van der Waals surface area (Å²) in [5.74, 6) is 0.851. The van der Waals surface area contributed by atoms with E-state index in [-0.39, 0.29) is 5.54 Å². The number of rotatable bonds is 2. The lowest BCUT2D eigenvalue weighted by Crippen LogP contribution is -2.26. The summed E-state index contributed by atoms with van der Waals surface area (Å²) < 4.78 is 0. The quantitative estimate of drug-likeness (QED) is 0.780. The molecule has 0 radical (unpaired) electrons. The van der Waals surface area contributed by atoms with Crippen molar-refractivity contribution in [3.05, 3.63) is 5.82 Å². The Kier molecular flexibility index (Phi) is 2.73. The van der Waals surface area contributed by atoms with Gasteiger partial charge in [0.05, 0.1) is 5.54 Å². The lowest BCUT2D eigenvalue weighted by molar-refractivity contribution is 0.305. The van der Waals surface area contributed by atoms with Crippen LogP contribution < -0.4 is 5.32 Å². The van der Waals surface area contributed by atoms with Gasteiger partial charge in [0.1, 0.15) is 0 Å². The second-order valence-corrected chi connectivity index (χ2v) is 5.16. The van der Waals surface area contributed by atoms with Gasteiger partial charge in [-0.3, -0.25) is 0 Å². The molecule has 1 unspecified atom stereocenters. The van der Waals surface area contributed by atoms with E-state index in [0.717, 1.165) is 18.8 Å². The Labute approximate surface area is 90.2 Å². The molecule has 1 N–H and O–H groups in total. The van der Waals surface area contributed by atoms with Gasteiger partial charge in [-0.05, 0) is 45.4 Å². The van der Waals surface area contributed by atoms with Crippen molar-refractivity contribution in [2.24, 2.45) is 0 Å². The molecule has 1 aliphatic rings. The molecular formula is C10H19N5. The Balaban J connectivity index is 2.00. The molecule has 1 aromatic rings. The highest BCUT2D eigenvalue weighted by Gasteiger charge is 2.20. The van der Waals surface area contributed by atoms with Crippen LogP contribution in [0.25, 0.3) is 0 Å². The van der Waals surface area contributed by atoms with Crippen LogP contribution in [0.15, 0.2) is 0 Å². The smallest absolute Gasteiger partial charge is 0.176 e. The van der Waals surface area contributed by atoms with E-state index < -0.39 is 0 Å². The number of hydrogen-bond donors (Lipinski definition) is 1. The van der Waals surface area contributed by atoms with Gasteiger partial charge < -0.3 is 5.32 Å². The van der Waals surface area contributed by atoms with Gasteiger partial charge in [0.15, 0.2) is 5.82 Å². The van der Waals surface area contributed by atoms with Crippen LogP contribution in [0.1, 0.15) is 39.4 Å². The molecule has 0 aromatic carbocycles. The summed E-state index contributed by atoms with van der Waals surface area (Å²) in [6.45, 7) is 7.35. The molecule has 1 aromatic heterocycles. The van der Waals surface area contributed by atoms with E-state index in [1.165, 1.54) is 12.8 Å². The van der Waals surface area contributed by atoms with E-state index in [0.29, 0.717) is 6.04 Å². The summed E-state index contributed by atoms with van der Waals surface area (Å²) in [5, 5.41) is 16.0. The van der Waals surface area contributed by atoms with Crippen molar-refractivity contribution in [1.29, 1.82) is 0 Å². The van der Waals surface area contributed by atoms with Crippen molar-refractivity contribution in [3.63, 3.8) is 0 Å². The average molecular weight is 209 g/mol. The predicted octanol–water partition coefficient (Wildman–Crippen LogP) is 0.723. The number of nitrogens with one attached hydrogen (secondary N) is 1. The monoisotopic (exact) mass is 209 g/mol. The number of hydrogen-bond acceptors (Lipinski definition) is 4. The van der Waals surface area contributed by atoms with Crippen molar-refractivity contribution < 1.29 is 0 Å². The largest absolute Gasteiger partial charge is 0.314 e. The topological polar surface area (TPSA) is 55.6 Å². The summed E-state index contributed by atoms with van der Waals surface area (Å²) in [6, 6.07) is 0.544. The van der Waals surface area contributed by atoms with Gasteiger partial charge in [-0.1, -0.05) is 0 Å². The van der Waals surface area contributed by atoms with Crippen molar-refractivity contribution in [2.75, 3.05) is 6.54 Å². The summed E-state index contributed by atoms with van der Waals surface area (Å²) in [7, 11) is 0. The van der Waals surface area contributed by atoms with E-state index in [2.05, 4.69) is 41.5 Å². The third-order valence-corrected chi connectivity index (χ3v) is 2.65. The van der Waals surface area contributed by atoms with E-state index in [9.17, 15) is 0 Å². The molecule has 1 saturated heterocycles. The fraction of sp³-hybridized carbons (Fsp3) is 0.900. The Morgan fingerprint density at radius 1 is 1.47 bits per heavy atom. The highest BCUT2D eigenvalue weighted by Crippen LogP contribution is 2.12. The van der Waals surface area contributed by atoms with Gasteiger partial charge in [-0.25, -0.2) is 0 Å². The number of aromatic nitrogens is 4. The molecule has 5 heteroatoms. The Bertz CT molecular complexity index is 319. The summed E-state index contributed by atoms with van der Waals surface area (Å²) in [4.78, 5) is 1.69. The number of tetrazole rings is 1. The Morgan fingerprint density at radius 3 is 2.80 bits per heavy atom.